The number of nitrogens with zero attached hydrogens (tertiary/aromatic N) is 1. The lowest BCUT2D eigenvalue weighted by atomic mass is 10.2. The van der Waals surface area contributed by atoms with Crippen LogP contribution < -0.4 is 0 Å². The highest BCUT2D eigenvalue weighted by Gasteiger charge is 2.16. The number of hydrogen-bond acceptors (Lipinski definition) is 3. The van der Waals surface area contributed by atoms with Gasteiger partial charge in [0.25, 0.3) is 0 Å². The lowest BCUT2D eigenvalue weighted by Crippen LogP contribution is -2.30. The number of aliphatic hydroxyl groups is 1. The van der Waals surface area contributed by atoms with Gasteiger partial charge in [-0.05, 0) is 31.2 Å². The first-order valence-electron chi connectivity index (χ1n) is 6.65. The molecule has 1 aromatic carbocycles. The molecule has 1 rings (SSSR count). The Balaban J connectivity index is 2.38. The molecular formula is C14H23NO3S. The van der Waals surface area contributed by atoms with Crippen LogP contribution in [0.4, 0.5) is 0 Å². The van der Waals surface area contributed by atoms with E-state index < -0.39 is 10.0 Å². The summed E-state index contributed by atoms with van der Waals surface area (Å²) in [4.78, 5) is 0. The van der Waals surface area contributed by atoms with Crippen molar-refractivity contribution in [1.82, 2.24) is 4.31 Å². The van der Waals surface area contributed by atoms with Crippen molar-refractivity contribution >= 4 is 10.0 Å². The molecule has 0 aliphatic carbocycles. The van der Waals surface area contributed by atoms with Crippen molar-refractivity contribution in [3.05, 3.63) is 35.9 Å². The number of hydrogen-bond donors (Lipinski definition) is 1. The Morgan fingerprint density at radius 2 is 1.79 bits per heavy atom. The number of benzene rings is 1. The van der Waals surface area contributed by atoms with E-state index in [4.69, 9.17) is 5.11 Å². The fourth-order valence-corrected chi connectivity index (χ4v) is 3.02. The molecule has 1 N–H and O–H groups in total. The fraction of sp³-hybridized carbons (Fsp3) is 0.571. The topological polar surface area (TPSA) is 57.6 Å². The molecule has 0 aliphatic heterocycles. The van der Waals surface area contributed by atoms with E-state index in [2.05, 4.69) is 0 Å². The molecular weight excluding hydrogens is 262 g/mol. The highest BCUT2D eigenvalue weighted by molar-refractivity contribution is 7.89. The fourth-order valence-electron chi connectivity index (χ4n) is 1.81. The second kappa shape index (κ2) is 8.30. The van der Waals surface area contributed by atoms with Gasteiger partial charge in [0.05, 0.1) is 5.75 Å². The molecule has 108 valence electrons. The van der Waals surface area contributed by atoms with Gasteiger partial charge in [0.15, 0.2) is 0 Å². The summed E-state index contributed by atoms with van der Waals surface area (Å²) in [5.41, 5.74) is 1.04. The SMILES string of the molecule is CN(CCCCCO)S(=O)(=O)CCc1ccccc1. The zero-order chi connectivity index (χ0) is 14.1. The minimum Gasteiger partial charge on any atom is -0.396 e. The van der Waals surface area contributed by atoms with Gasteiger partial charge in [-0.2, -0.15) is 0 Å². The minimum absolute atomic E-state index is 0.146. The van der Waals surface area contributed by atoms with E-state index in [9.17, 15) is 8.42 Å². The molecule has 5 heteroatoms. The largest absolute Gasteiger partial charge is 0.396 e. The molecule has 0 saturated heterocycles. The normalized spacial score (nSPS) is 11.9. The van der Waals surface area contributed by atoms with Gasteiger partial charge in [0.1, 0.15) is 0 Å². The molecule has 0 bridgehead atoms. The van der Waals surface area contributed by atoms with Crippen LogP contribution in [0.1, 0.15) is 24.8 Å². The summed E-state index contributed by atoms with van der Waals surface area (Å²) in [7, 11) is -1.55. The second-order valence-electron chi connectivity index (χ2n) is 4.66. The van der Waals surface area contributed by atoms with Crippen LogP contribution in [0.25, 0.3) is 0 Å². The Hall–Kier alpha value is -0.910. The third kappa shape index (κ3) is 6.18. The van der Waals surface area contributed by atoms with Crippen molar-refractivity contribution in [2.75, 3.05) is 26.0 Å². The van der Waals surface area contributed by atoms with Crippen LogP contribution in [0.15, 0.2) is 30.3 Å². The highest BCUT2D eigenvalue weighted by atomic mass is 32.2. The monoisotopic (exact) mass is 285 g/mol. The third-order valence-electron chi connectivity index (χ3n) is 3.10. The Bertz CT molecular complexity index is 445. The molecule has 0 radical (unpaired) electrons. The Kier molecular flexibility index (Phi) is 7.05. The van der Waals surface area contributed by atoms with E-state index in [1.807, 2.05) is 30.3 Å². The van der Waals surface area contributed by atoms with Crippen LogP contribution in [-0.2, 0) is 16.4 Å². The summed E-state index contributed by atoms with van der Waals surface area (Å²) in [5.74, 6) is 0.146. The number of aryl methyl sites for hydroxylation is 1. The van der Waals surface area contributed by atoms with E-state index in [0.29, 0.717) is 13.0 Å². The Morgan fingerprint density at radius 3 is 2.42 bits per heavy atom. The summed E-state index contributed by atoms with van der Waals surface area (Å²) in [5, 5.41) is 8.67. The van der Waals surface area contributed by atoms with Gasteiger partial charge in [0.2, 0.25) is 10.0 Å². The Morgan fingerprint density at radius 1 is 1.11 bits per heavy atom. The van der Waals surface area contributed by atoms with E-state index >= 15 is 0 Å². The zero-order valence-electron chi connectivity index (χ0n) is 11.5. The number of unbranched alkanes of at least 4 members (excludes halogenated alkanes) is 2. The first-order valence-corrected chi connectivity index (χ1v) is 8.26. The predicted molar refractivity (Wildman–Crippen MR) is 77.5 cm³/mol. The van der Waals surface area contributed by atoms with Crippen molar-refractivity contribution in [2.45, 2.75) is 25.7 Å². The van der Waals surface area contributed by atoms with Gasteiger partial charge in [-0.1, -0.05) is 30.3 Å². The summed E-state index contributed by atoms with van der Waals surface area (Å²) in [6.45, 7) is 0.696. The predicted octanol–water partition coefficient (Wildman–Crippen LogP) is 1.65. The average Bonchev–Trinajstić information content (AvgIpc) is 2.42. The Labute approximate surface area is 116 Å². The van der Waals surface area contributed by atoms with E-state index in [-0.39, 0.29) is 12.4 Å². The summed E-state index contributed by atoms with van der Waals surface area (Å²) < 4.78 is 25.5. The molecule has 0 unspecified atom stereocenters. The molecule has 0 aromatic heterocycles. The van der Waals surface area contributed by atoms with Crippen molar-refractivity contribution in [3.63, 3.8) is 0 Å². The van der Waals surface area contributed by atoms with E-state index in [1.54, 1.807) is 7.05 Å². The first-order chi connectivity index (χ1) is 9.06. The summed E-state index contributed by atoms with van der Waals surface area (Å²) in [6.07, 6.45) is 2.93. The number of sulfonamides is 1. The quantitative estimate of drug-likeness (QED) is 0.702. The van der Waals surface area contributed by atoms with Crippen LogP contribution in [0.2, 0.25) is 0 Å². The van der Waals surface area contributed by atoms with Gasteiger partial charge < -0.3 is 5.11 Å². The molecule has 19 heavy (non-hydrogen) atoms. The maximum absolute atomic E-state index is 12.0. The molecule has 0 fully saturated rings. The highest BCUT2D eigenvalue weighted by Crippen LogP contribution is 2.07. The maximum Gasteiger partial charge on any atom is 0.214 e. The summed E-state index contributed by atoms with van der Waals surface area (Å²) >= 11 is 0. The number of rotatable bonds is 9. The molecule has 4 nitrogen and oxygen atoms in total. The van der Waals surface area contributed by atoms with Crippen LogP contribution in [0.5, 0.6) is 0 Å². The van der Waals surface area contributed by atoms with Gasteiger partial charge in [-0.15, -0.1) is 0 Å². The second-order valence-corrected chi connectivity index (χ2v) is 6.85. The van der Waals surface area contributed by atoms with Crippen LogP contribution in [-0.4, -0.2) is 43.8 Å². The minimum atomic E-state index is -3.17. The molecule has 0 atom stereocenters. The van der Waals surface area contributed by atoms with Gasteiger partial charge >= 0.3 is 0 Å². The average molecular weight is 285 g/mol. The van der Waals surface area contributed by atoms with Gasteiger partial charge in [0, 0.05) is 20.2 Å². The maximum atomic E-state index is 12.0. The third-order valence-corrected chi connectivity index (χ3v) is 4.95. The standard InChI is InChI=1S/C14H23NO3S/c1-15(11-6-3-7-12-16)19(17,18)13-10-14-8-4-2-5-9-14/h2,4-5,8-9,16H,3,6-7,10-13H2,1H3. The van der Waals surface area contributed by atoms with Crippen molar-refractivity contribution in [1.29, 1.82) is 0 Å². The molecule has 1 aromatic rings. The van der Waals surface area contributed by atoms with Gasteiger partial charge in [-0.3, -0.25) is 0 Å². The lowest BCUT2D eigenvalue weighted by Gasteiger charge is -2.17. The van der Waals surface area contributed by atoms with Crippen LogP contribution in [0.3, 0.4) is 0 Å². The lowest BCUT2D eigenvalue weighted by molar-refractivity contribution is 0.281. The molecule has 0 saturated carbocycles. The van der Waals surface area contributed by atoms with Crippen molar-refractivity contribution in [3.8, 4) is 0 Å². The molecule has 0 heterocycles. The van der Waals surface area contributed by atoms with E-state index in [0.717, 1.165) is 24.8 Å². The van der Waals surface area contributed by atoms with Crippen LogP contribution in [0, 0.1) is 0 Å². The van der Waals surface area contributed by atoms with Crippen molar-refractivity contribution < 1.29 is 13.5 Å². The smallest absolute Gasteiger partial charge is 0.214 e. The zero-order valence-corrected chi connectivity index (χ0v) is 12.3. The van der Waals surface area contributed by atoms with E-state index in [1.165, 1.54) is 4.31 Å². The number of aliphatic hydroxyl groups excluding tert-OH is 1. The van der Waals surface area contributed by atoms with Crippen molar-refractivity contribution in [2.24, 2.45) is 0 Å². The molecule has 0 aliphatic rings. The first kappa shape index (κ1) is 16.1. The van der Waals surface area contributed by atoms with Crippen LogP contribution >= 0.6 is 0 Å². The molecule has 0 amide bonds. The van der Waals surface area contributed by atoms with Gasteiger partial charge in [-0.25, -0.2) is 12.7 Å². The summed E-state index contributed by atoms with van der Waals surface area (Å²) in [6, 6.07) is 9.64. The molecule has 0 spiro atoms.